The lowest BCUT2D eigenvalue weighted by atomic mass is 10.0. The van der Waals surface area contributed by atoms with Gasteiger partial charge in [0.25, 0.3) is 5.91 Å². The van der Waals surface area contributed by atoms with E-state index in [9.17, 15) is 4.79 Å². The van der Waals surface area contributed by atoms with Crippen molar-refractivity contribution in [2.75, 3.05) is 26.2 Å². The lowest BCUT2D eigenvalue weighted by Gasteiger charge is -2.37. The standard InChI is InChI=1S/C14H21ClN2O2/c1-3-16(4-2)11-5-8-17(9-6-11)14(18)12-7-10-19-13(12)15/h7,10-11H,3-6,8-9H2,1-2H3. The van der Waals surface area contributed by atoms with E-state index in [1.807, 2.05) is 4.90 Å². The van der Waals surface area contributed by atoms with Crippen molar-refractivity contribution in [3.8, 4) is 0 Å². The fourth-order valence-electron chi connectivity index (χ4n) is 2.79. The molecule has 0 atom stereocenters. The molecule has 0 saturated carbocycles. The topological polar surface area (TPSA) is 36.7 Å². The van der Waals surface area contributed by atoms with Gasteiger partial charge in [0, 0.05) is 19.1 Å². The first kappa shape index (κ1) is 14.4. The number of nitrogens with zero attached hydrogens (tertiary/aromatic N) is 2. The normalized spacial score (nSPS) is 17.2. The molecule has 106 valence electrons. The second kappa shape index (κ2) is 6.44. The minimum absolute atomic E-state index is 0.0169. The number of piperidine rings is 1. The van der Waals surface area contributed by atoms with Gasteiger partial charge < -0.3 is 14.2 Å². The molecule has 1 saturated heterocycles. The first-order chi connectivity index (χ1) is 9.17. The molecular weight excluding hydrogens is 264 g/mol. The number of hydrogen-bond donors (Lipinski definition) is 0. The molecule has 0 radical (unpaired) electrons. The van der Waals surface area contributed by atoms with Gasteiger partial charge >= 0.3 is 0 Å². The van der Waals surface area contributed by atoms with Crippen molar-refractivity contribution in [1.82, 2.24) is 9.80 Å². The van der Waals surface area contributed by atoms with Crippen molar-refractivity contribution in [2.45, 2.75) is 32.7 Å². The van der Waals surface area contributed by atoms with E-state index in [0.29, 0.717) is 11.6 Å². The summed E-state index contributed by atoms with van der Waals surface area (Å²) in [5.74, 6) is -0.0169. The smallest absolute Gasteiger partial charge is 0.258 e. The summed E-state index contributed by atoms with van der Waals surface area (Å²) in [6.07, 6.45) is 3.52. The molecule has 1 aromatic heterocycles. The predicted molar refractivity (Wildman–Crippen MR) is 75.6 cm³/mol. The SMILES string of the molecule is CCN(CC)C1CCN(C(=O)c2ccoc2Cl)CC1. The number of hydrogen-bond acceptors (Lipinski definition) is 3. The van der Waals surface area contributed by atoms with Gasteiger partial charge in [-0.1, -0.05) is 13.8 Å². The highest BCUT2D eigenvalue weighted by Gasteiger charge is 2.27. The Bertz CT molecular complexity index is 421. The van der Waals surface area contributed by atoms with Gasteiger partial charge in [-0.05, 0) is 43.6 Å². The van der Waals surface area contributed by atoms with E-state index in [4.69, 9.17) is 16.0 Å². The molecule has 1 amide bonds. The second-order valence-corrected chi connectivity index (χ2v) is 5.20. The zero-order valence-electron chi connectivity index (χ0n) is 11.6. The summed E-state index contributed by atoms with van der Waals surface area (Å²) in [5.41, 5.74) is 0.475. The summed E-state index contributed by atoms with van der Waals surface area (Å²) < 4.78 is 4.98. The number of likely N-dealkylation sites (tertiary alicyclic amines) is 1. The number of halogens is 1. The highest BCUT2D eigenvalue weighted by atomic mass is 35.5. The Labute approximate surface area is 119 Å². The molecule has 0 aromatic carbocycles. The molecule has 0 N–H and O–H groups in total. The Balaban J connectivity index is 1.93. The lowest BCUT2D eigenvalue weighted by molar-refractivity contribution is 0.0631. The van der Waals surface area contributed by atoms with Crippen molar-refractivity contribution in [1.29, 1.82) is 0 Å². The molecular formula is C14H21ClN2O2. The molecule has 1 aliphatic heterocycles. The van der Waals surface area contributed by atoms with Crippen LogP contribution in [0.5, 0.6) is 0 Å². The summed E-state index contributed by atoms with van der Waals surface area (Å²) >= 11 is 5.86. The molecule has 1 aromatic rings. The highest BCUT2D eigenvalue weighted by Crippen LogP contribution is 2.22. The van der Waals surface area contributed by atoms with Gasteiger partial charge in [-0.2, -0.15) is 0 Å². The maximum Gasteiger partial charge on any atom is 0.258 e. The number of amides is 1. The summed E-state index contributed by atoms with van der Waals surface area (Å²) in [7, 11) is 0. The fraction of sp³-hybridized carbons (Fsp3) is 0.643. The Morgan fingerprint density at radius 3 is 2.53 bits per heavy atom. The predicted octanol–water partition coefficient (Wildman–Crippen LogP) is 2.88. The van der Waals surface area contributed by atoms with Crippen LogP contribution in [-0.4, -0.2) is 47.9 Å². The maximum atomic E-state index is 12.3. The minimum Gasteiger partial charge on any atom is -0.452 e. The molecule has 2 rings (SSSR count). The van der Waals surface area contributed by atoms with E-state index in [1.54, 1.807) is 6.07 Å². The van der Waals surface area contributed by atoms with E-state index >= 15 is 0 Å². The zero-order chi connectivity index (χ0) is 13.8. The average Bonchev–Trinajstić information content (AvgIpc) is 2.86. The van der Waals surface area contributed by atoms with Crippen LogP contribution in [0.25, 0.3) is 0 Å². The summed E-state index contributed by atoms with van der Waals surface area (Å²) in [5, 5.41) is 0.191. The van der Waals surface area contributed by atoms with Crippen LogP contribution < -0.4 is 0 Å². The zero-order valence-corrected chi connectivity index (χ0v) is 12.3. The van der Waals surface area contributed by atoms with Crippen molar-refractivity contribution < 1.29 is 9.21 Å². The van der Waals surface area contributed by atoms with Gasteiger partial charge in [0.05, 0.1) is 11.8 Å². The summed E-state index contributed by atoms with van der Waals surface area (Å²) in [4.78, 5) is 16.6. The van der Waals surface area contributed by atoms with Gasteiger partial charge in [0.1, 0.15) is 0 Å². The molecule has 0 aliphatic carbocycles. The number of rotatable bonds is 4. The van der Waals surface area contributed by atoms with Gasteiger partial charge in [-0.25, -0.2) is 0 Å². The molecule has 1 fully saturated rings. The lowest BCUT2D eigenvalue weighted by Crippen LogP contribution is -2.46. The fourth-order valence-corrected chi connectivity index (χ4v) is 2.99. The third-order valence-corrected chi connectivity index (χ3v) is 4.22. The number of carbonyl (C=O) groups is 1. The van der Waals surface area contributed by atoms with Crippen LogP contribution in [0.2, 0.25) is 5.22 Å². The van der Waals surface area contributed by atoms with Crippen molar-refractivity contribution in [3.63, 3.8) is 0 Å². The Hall–Kier alpha value is -1.00. The van der Waals surface area contributed by atoms with E-state index in [0.717, 1.165) is 39.0 Å². The molecule has 4 nitrogen and oxygen atoms in total. The largest absolute Gasteiger partial charge is 0.452 e. The Morgan fingerprint density at radius 1 is 1.42 bits per heavy atom. The van der Waals surface area contributed by atoms with Crippen molar-refractivity contribution in [3.05, 3.63) is 23.1 Å². The molecule has 1 aliphatic rings. The highest BCUT2D eigenvalue weighted by molar-refractivity contribution is 6.32. The van der Waals surface area contributed by atoms with Gasteiger partial charge in [0.2, 0.25) is 5.22 Å². The molecule has 0 bridgehead atoms. The average molecular weight is 285 g/mol. The van der Waals surface area contributed by atoms with Crippen LogP contribution in [0.15, 0.2) is 16.7 Å². The molecule has 0 spiro atoms. The van der Waals surface area contributed by atoms with Crippen LogP contribution in [0.1, 0.15) is 37.0 Å². The number of furan rings is 1. The quantitative estimate of drug-likeness (QED) is 0.853. The first-order valence-corrected chi connectivity index (χ1v) is 7.31. The van der Waals surface area contributed by atoms with Crippen LogP contribution in [0.4, 0.5) is 0 Å². The molecule has 5 heteroatoms. The second-order valence-electron chi connectivity index (χ2n) is 4.85. The summed E-state index contributed by atoms with van der Waals surface area (Å²) in [6, 6.07) is 2.24. The van der Waals surface area contributed by atoms with E-state index in [2.05, 4.69) is 18.7 Å². The first-order valence-electron chi connectivity index (χ1n) is 6.93. The molecule has 19 heavy (non-hydrogen) atoms. The van der Waals surface area contributed by atoms with Gasteiger partial charge in [0.15, 0.2) is 0 Å². The van der Waals surface area contributed by atoms with Gasteiger partial charge in [-0.3, -0.25) is 4.79 Å². The van der Waals surface area contributed by atoms with Crippen LogP contribution in [0.3, 0.4) is 0 Å². The Kier molecular flexibility index (Phi) is 4.88. The van der Waals surface area contributed by atoms with Crippen LogP contribution in [-0.2, 0) is 0 Å². The molecule has 0 unspecified atom stereocenters. The van der Waals surface area contributed by atoms with Crippen molar-refractivity contribution in [2.24, 2.45) is 0 Å². The maximum absolute atomic E-state index is 12.3. The molecule has 2 heterocycles. The van der Waals surface area contributed by atoms with Crippen LogP contribution in [0, 0.1) is 0 Å². The van der Waals surface area contributed by atoms with E-state index in [1.165, 1.54) is 6.26 Å². The summed E-state index contributed by atoms with van der Waals surface area (Å²) in [6.45, 7) is 8.10. The third-order valence-electron chi connectivity index (χ3n) is 3.93. The monoisotopic (exact) mass is 284 g/mol. The Morgan fingerprint density at radius 2 is 2.05 bits per heavy atom. The van der Waals surface area contributed by atoms with E-state index < -0.39 is 0 Å². The third kappa shape index (κ3) is 3.12. The number of carbonyl (C=O) groups excluding carboxylic acids is 1. The van der Waals surface area contributed by atoms with E-state index in [-0.39, 0.29) is 11.1 Å². The van der Waals surface area contributed by atoms with Gasteiger partial charge in [-0.15, -0.1) is 0 Å². The minimum atomic E-state index is -0.0169. The van der Waals surface area contributed by atoms with Crippen LogP contribution >= 0.6 is 11.6 Å². The van der Waals surface area contributed by atoms with Crippen molar-refractivity contribution >= 4 is 17.5 Å².